The fourth-order valence-corrected chi connectivity index (χ4v) is 4.32. The van der Waals surface area contributed by atoms with Crippen molar-refractivity contribution in [2.75, 3.05) is 40.9 Å². The van der Waals surface area contributed by atoms with Crippen molar-refractivity contribution in [1.29, 1.82) is 0 Å². The summed E-state index contributed by atoms with van der Waals surface area (Å²) in [6.07, 6.45) is 1.92. The third-order valence-electron chi connectivity index (χ3n) is 6.23. The van der Waals surface area contributed by atoms with E-state index in [1.807, 2.05) is 49.3 Å². The van der Waals surface area contributed by atoms with Gasteiger partial charge in [-0.3, -0.25) is 9.59 Å². The van der Waals surface area contributed by atoms with Crippen LogP contribution in [0.2, 0.25) is 0 Å². The van der Waals surface area contributed by atoms with Crippen LogP contribution in [0.15, 0.2) is 64.3 Å². The second kappa shape index (κ2) is 10.9. The maximum atomic E-state index is 13.8. The normalized spacial score (nSPS) is 15.9. The number of aliphatic hydroxyl groups is 1. The van der Waals surface area contributed by atoms with Gasteiger partial charge in [-0.1, -0.05) is 37.6 Å². The number of rotatable bonds is 11. The summed E-state index contributed by atoms with van der Waals surface area (Å²) in [5.41, 5.74) is 1.10. The Balaban J connectivity index is 1.76. The molecule has 0 fully saturated rings. The number of unbranched alkanes of at least 4 members (excludes halogenated alkanes) is 1. The van der Waals surface area contributed by atoms with Crippen LogP contribution in [-0.2, 0) is 4.79 Å². The summed E-state index contributed by atoms with van der Waals surface area (Å²) in [6.45, 7) is 3.55. The number of hydrogen-bond donors (Lipinski definition) is 1. The van der Waals surface area contributed by atoms with Crippen molar-refractivity contribution in [2.24, 2.45) is 0 Å². The topological polar surface area (TPSA) is 92.4 Å². The quantitative estimate of drug-likeness (QED) is 0.305. The molecular formula is C28H32N2O6. The van der Waals surface area contributed by atoms with Crippen LogP contribution >= 0.6 is 0 Å². The molecule has 1 aromatic heterocycles. The van der Waals surface area contributed by atoms with Crippen molar-refractivity contribution in [1.82, 2.24) is 9.80 Å². The first-order valence-electron chi connectivity index (χ1n) is 12.1. The van der Waals surface area contributed by atoms with E-state index in [0.717, 1.165) is 12.8 Å². The Morgan fingerprint density at radius 3 is 2.67 bits per heavy atom. The molecular weight excluding hydrogens is 460 g/mol. The Bertz CT molecular complexity index is 1290. The highest BCUT2D eigenvalue weighted by molar-refractivity contribution is 6.16. The van der Waals surface area contributed by atoms with Gasteiger partial charge < -0.3 is 28.8 Å². The van der Waals surface area contributed by atoms with Crippen LogP contribution in [0.3, 0.4) is 0 Å². The number of nitrogens with zero attached hydrogens (tertiary/aromatic N) is 2. The maximum Gasteiger partial charge on any atom is 0.290 e. The zero-order valence-electron chi connectivity index (χ0n) is 21.1. The standard InChI is InChI=1S/C28H32N2O6/c1-5-6-15-35-20-11-7-9-18(16-20)24-23(26(32)28(33)30(24)14-13-29(2)3)25(31)22-17-19-10-8-12-21(34-4)27(19)36-22/h7-12,16-17,24,32H,5-6,13-15H2,1-4H3. The number of ether oxygens (including phenoxy) is 2. The molecule has 1 unspecified atom stereocenters. The molecule has 1 aliphatic heterocycles. The maximum absolute atomic E-state index is 13.8. The number of carbonyl (C=O) groups excluding carboxylic acids is 2. The lowest BCUT2D eigenvalue weighted by molar-refractivity contribution is -0.129. The molecule has 1 N–H and O–H groups in total. The van der Waals surface area contributed by atoms with Crippen LogP contribution in [-0.4, -0.2) is 67.5 Å². The van der Waals surface area contributed by atoms with Crippen LogP contribution in [0.5, 0.6) is 11.5 Å². The van der Waals surface area contributed by atoms with E-state index in [2.05, 4.69) is 6.92 Å². The number of carbonyl (C=O) groups is 2. The minimum atomic E-state index is -0.783. The zero-order chi connectivity index (χ0) is 25.8. The molecule has 1 aliphatic rings. The predicted molar refractivity (Wildman–Crippen MR) is 137 cm³/mol. The number of amides is 1. The van der Waals surface area contributed by atoms with Gasteiger partial charge in [0.25, 0.3) is 5.91 Å². The minimum Gasteiger partial charge on any atom is -0.503 e. The van der Waals surface area contributed by atoms with Crippen molar-refractivity contribution in [2.45, 2.75) is 25.8 Å². The Morgan fingerprint density at radius 2 is 1.94 bits per heavy atom. The number of aliphatic hydroxyl groups excluding tert-OH is 1. The number of hydrogen-bond acceptors (Lipinski definition) is 7. The summed E-state index contributed by atoms with van der Waals surface area (Å²) < 4.78 is 17.1. The van der Waals surface area contributed by atoms with Crippen LogP contribution in [0.4, 0.5) is 0 Å². The summed E-state index contributed by atoms with van der Waals surface area (Å²) in [5, 5.41) is 11.6. The van der Waals surface area contributed by atoms with E-state index in [-0.39, 0.29) is 11.3 Å². The SMILES string of the molecule is CCCCOc1cccc(C2C(C(=O)c3cc4cccc(OC)c4o3)=C(O)C(=O)N2CCN(C)C)c1. The first kappa shape index (κ1) is 25.3. The molecule has 2 aromatic carbocycles. The zero-order valence-corrected chi connectivity index (χ0v) is 21.1. The molecule has 0 saturated carbocycles. The minimum absolute atomic E-state index is 0.0116. The van der Waals surface area contributed by atoms with E-state index in [9.17, 15) is 14.7 Å². The van der Waals surface area contributed by atoms with Crippen molar-refractivity contribution in [3.05, 3.63) is 71.2 Å². The van der Waals surface area contributed by atoms with Gasteiger partial charge in [0.05, 0.1) is 25.3 Å². The molecule has 1 atom stereocenters. The Kier molecular flexibility index (Phi) is 7.64. The first-order valence-corrected chi connectivity index (χ1v) is 12.1. The fraction of sp³-hybridized carbons (Fsp3) is 0.357. The summed E-state index contributed by atoms with van der Waals surface area (Å²) >= 11 is 0. The summed E-state index contributed by atoms with van der Waals surface area (Å²) in [7, 11) is 5.33. The molecule has 0 spiro atoms. The Labute approximate surface area is 210 Å². The van der Waals surface area contributed by atoms with E-state index >= 15 is 0 Å². The van der Waals surface area contributed by atoms with Gasteiger partial charge >= 0.3 is 0 Å². The molecule has 4 rings (SSSR count). The second-order valence-corrected chi connectivity index (χ2v) is 9.06. The van der Waals surface area contributed by atoms with Gasteiger partial charge in [-0.25, -0.2) is 0 Å². The molecule has 3 aromatic rings. The van der Waals surface area contributed by atoms with E-state index in [0.29, 0.717) is 47.7 Å². The van der Waals surface area contributed by atoms with Gasteiger partial charge in [0.15, 0.2) is 22.9 Å². The molecule has 1 amide bonds. The van der Waals surface area contributed by atoms with Gasteiger partial charge in [0.1, 0.15) is 5.75 Å². The lowest BCUT2D eigenvalue weighted by atomic mass is 9.95. The van der Waals surface area contributed by atoms with Crippen LogP contribution in [0.1, 0.15) is 41.9 Å². The molecule has 36 heavy (non-hydrogen) atoms. The van der Waals surface area contributed by atoms with Crippen molar-refractivity contribution in [3.63, 3.8) is 0 Å². The number of benzene rings is 2. The lowest BCUT2D eigenvalue weighted by Gasteiger charge is -2.28. The summed E-state index contributed by atoms with van der Waals surface area (Å²) in [4.78, 5) is 30.4. The van der Waals surface area contributed by atoms with Gasteiger partial charge in [-0.2, -0.15) is 0 Å². The summed E-state index contributed by atoms with van der Waals surface area (Å²) in [6, 6.07) is 13.5. The van der Waals surface area contributed by atoms with Crippen molar-refractivity contribution in [3.8, 4) is 11.5 Å². The van der Waals surface area contributed by atoms with Gasteiger partial charge in [-0.15, -0.1) is 0 Å². The van der Waals surface area contributed by atoms with Crippen molar-refractivity contribution < 1.29 is 28.6 Å². The van der Waals surface area contributed by atoms with Gasteiger partial charge in [-0.05, 0) is 50.3 Å². The molecule has 8 nitrogen and oxygen atoms in total. The van der Waals surface area contributed by atoms with Crippen molar-refractivity contribution >= 4 is 22.7 Å². The number of fused-ring (bicyclic) bond motifs is 1. The number of methoxy groups -OCH3 is 1. The lowest BCUT2D eigenvalue weighted by Crippen LogP contribution is -2.36. The molecule has 0 radical (unpaired) electrons. The highest BCUT2D eigenvalue weighted by Crippen LogP contribution is 2.41. The van der Waals surface area contributed by atoms with Gasteiger partial charge in [0.2, 0.25) is 5.78 Å². The van der Waals surface area contributed by atoms with Crippen LogP contribution < -0.4 is 9.47 Å². The van der Waals surface area contributed by atoms with Crippen LogP contribution in [0, 0.1) is 0 Å². The molecule has 190 valence electrons. The number of likely N-dealkylation sites (N-methyl/N-ethyl adjacent to an activating group) is 1. The van der Waals surface area contributed by atoms with E-state index in [4.69, 9.17) is 13.9 Å². The van der Waals surface area contributed by atoms with E-state index in [1.54, 1.807) is 18.2 Å². The largest absolute Gasteiger partial charge is 0.503 e. The average molecular weight is 493 g/mol. The third kappa shape index (κ3) is 4.95. The molecule has 8 heteroatoms. The molecule has 0 bridgehead atoms. The highest BCUT2D eigenvalue weighted by atomic mass is 16.5. The predicted octanol–water partition coefficient (Wildman–Crippen LogP) is 4.76. The Hall–Kier alpha value is -3.78. The van der Waals surface area contributed by atoms with Gasteiger partial charge in [0, 0.05) is 18.5 Å². The fourth-order valence-electron chi connectivity index (χ4n) is 4.32. The number of ketones is 1. The molecule has 2 heterocycles. The van der Waals surface area contributed by atoms with Crippen LogP contribution in [0.25, 0.3) is 11.0 Å². The summed E-state index contributed by atoms with van der Waals surface area (Å²) in [5.74, 6) is -0.530. The smallest absolute Gasteiger partial charge is 0.290 e. The number of furan rings is 1. The van der Waals surface area contributed by atoms with E-state index < -0.39 is 23.5 Å². The monoisotopic (exact) mass is 492 g/mol. The number of para-hydroxylation sites is 1. The van der Waals surface area contributed by atoms with E-state index in [1.165, 1.54) is 12.0 Å². The Morgan fingerprint density at radius 1 is 1.17 bits per heavy atom. The number of Topliss-reactive ketones (excluding diaryl/α,β-unsaturated/α-hetero) is 1. The molecule has 0 aliphatic carbocycles. The third-order valence-corrected chi connectivity index (χ3v) is 6.23. The second-order valence-electron chi connectivity index (χ2n) is 9.06. The average Bonchev–Trinajstić information content (AvgIpc) is 3.42. The highest BCUT2D eigenvalue weighted by Gasteiger charge is 2.44. The molecule has 0 saturated heterocycles. The first-order chi connectivity index (χ1) is 17.3.